The molecule has 4 fully saturated rings. The van der Waals surface area contributed by atoms with Gasteiger partial charge in [0.1, 0.15) is 22.9 Å². The standard InChI is InChI=1S/C42H60O7.C40H54O3/c1-29(18-14-19-31(3)22-23-37-38(6,7)26-35(49-33(5)43)27-40(37,10)46)16-12-13-17-30(2)20-15-21-32(4)36(45)28-42(48)39(8,9)24-34(44)25-41(42,11)47;1-30(18-13-20-32(3)23-24-35-34(5)22-15-26-36(35,6)7)16-11-12-17-31(2)19-14-21-33(4)25-27-40-37(8,9)28-39(41,42)29-38(40,10)43-40/h12-22,34-35,44,46-48H,24-28H2,1-11H3;11-14,16-21,25,27,41-42H,15,22,26,28-29H2,1-10H3/b13-12+,18-14+,20-15+,29-16+,30-17+,31-19+,32-21+;12-11+,18-13+,19-14+,27-25+,30-16+,31-17+,32-20+,33-21+. The number of hydrogen-bond acceptors (Lipinski definition) is 10. The van der Waals surface area contributed by atoms with Crippen LogP contribution in [-0.4, -0.2) is 88.4 Å². The largest absolute Gasteiger partial charge is 0.462 e. The van der Waals surface area contributed by atoms with Crippen LogP contribution in [-0.2, 0) is 19.1 Å². The van der Waals surface area contributed by atoms with Gasteiger partial charge in [-0.1, -0.05) is 228 Å². The van der Waals surface area contributed by atoms with Crippen LogP contribution in [0.5, 0.6) is 0 Å². The summed E-state index contributed by atoms with van der Waals surface area (Å²) in [5.74, 6) is 4.56. The molecule has 10 heteroatoms. The summed E-state index contributed by atoms with van der Waals surface area (Å²) in [5.41, 5.74) is 8.13. The van der Waals surface area contributed by atoms with Crippen molar-refractivity contribution in [2.45, 2.75) is 256 Å². The maximum absolute atomic E-state index is 13.0. The first-order chi connectivity index (χ1) is 42.3. The fraction of sp³-hybridized carbons (Fsp3) is 0.524. The molecule has 502 valence electrons. The number of carbonyl (C=O) groups is 2. The first-order valence-electron chi connectivity index (χ1n) is 32.9. The Morgan fingerprint density at radius 1 is 0.576 bits per heavy atom. The highest BCUT2D eigenvalue weighted by Gasteiger charge is 2.77. The van der Waals surface area contributed by atoms with E-state index in [1.165, 1.54) is 49.8 Å². The van der Waals surface area contributed by atoms with E-state index in [4.69, 9.17) is 9.47 Å². The second-order valence-electron chi connectivity index (χ2n) is 30.3. The van der Waals surface area contributed by atoms with Gasteiger partial charge in [0.05, 0.1) is 17.3 Å². The van der Waals surface area contributed by atoms with Gasteiger partial charge in [0.2, 0.25) is 0 Å². The second-order valence-corrected chi connectivity index (χ2v) is 30.3. The van der Waals surface area contributed by atoms with Crippen LogP contribution in [0, 0.1) is 33.5 Å². The Labute approximate surface area is 554 Å². The topological polar surface area (TPSA) is 177 Å². The van der Waals surface area contributed by atoms with Gasteiger partial charge >= 0.3 is 5.97 Å². The van der Waals surface area contributed by atoms with Gasteiger partial charge < -0.3 is 40.1 Å². The molecule has 6 N–H and O–H groups in total. The highest BCUT2D eigenvalue weighted by Crippen LogP contribution is 2.67. The van der Waals surface area contributed by atoms with E-state index in [1.807, 2.05) is 110 Å². The molecule has 7 atom stereocenters. The first-order valence-corrected chi connectivity index (χ1v) is 32.9. The fourth-order valence-electron chi connectivity index (χ4n) is 14.1. The van der Waals surface area contributed by atoms with Crippen LogP contribution in [0.1, 0.15) is 210 Å². The fourth-order valence-corrected chi connectivity index (χ4v) is 14.1. The van der Waals surface area contributed by atoms with Gasteiger partial charge in [0.15, 0.2) is 11.6 Å². The van der Waals surface area contributed by atoms with Gasteiger partial charge in [-0.2, -0.15) is 0 Å². The summed E-state index contributed by atoms with van der Waals surface area (Å²) in [7, 11) is 0. The first kappa shape index (κ1) is 78.2. The Bertz CT molecular complexity index is 3320. The van der Waals surface area contributed by atoms with Gasteiger partial charge in [0.25, 0.3) is 0 Å². The molecule has 5 aliphatic rings. The third kappa shape index (κ3) is 21.9. The van der Waals surface area contributed by atoms with Gasteiger partial charge in [-0.3, -0.25) is 9.59 Å². The minimum Gasteiger partial charge on any atom is -0.462 e. The van der Waals surface area contributed by atoms with Crippen LogP contribution >= 0.6 is 0 Å². The normalized spacial score (nSPS) is 30.5. The highest BCUT2D eigenvalue weighted by atomic mass is 16.6. The van der Waals surface area contributed by atoms with Crippen molar-refractivity contribution in [1.29, 1.82) is 0 Å². The number of rotatable bonds is 19. The number of aliphatic hydroxyl groups is 6. The molecule has 4 aliphatic carbocycles. The monoisotopic (exact) mass is 1260 g/mol. The summed E-state index contributed by atoms with van der Waals surface area (Å²) >= 11 is 0. The number of aliphatic hydroxyl groups excluding tert-OH is 1. The average Bonchev–Trinajstić information content (AvgIpc) is 1.50. The van der Waals surface area contributed by atoms with Crippen molar-refractivity contribution in [2.24, 2.45) is 21.7 Å². The van der Waals surface area contributed by atoms with Crippen LogP contribution in [0.4, 0.5) is 0 Å². The molecular weight excluding hydrogens is 1140 g/mol. The van der Waals surface area contributed by atoms with E-state index < -0.39 is 45.3 Å². The zero-order valence-corrected chi connectivity index (χ0v) is 59.8. The van der Waals surface area contributed by atoms with E-state index in [0.29, 0.717) is 24.8 Å². The van der Waals surface area contributed by atoms with Gasteiger partial charge in [-0.05, 0) is 160 Å². The van der Waals surface area contributed by atoms with E-state index in [-0.39, 0.29) is 59.8 Å². The molecule has 0 bridgehead atoms. The maximum atomic E-state index is 13.0. The molecule has 1 aliphatic heterocycles. The van der Waals surface area contributed by atoms with Crippen molar-refractivity contribution in [3.63, 3.8) is 0 Å². The molecule has 1 heterocycles. The lowest BCUT2D eigenvalue weighted by atomic mass is 9.56. The Hall–Kier alpha value is -6.22. The SMILES string of the molecule is CC(=O)OC1CC(C)(C)C(=C=C/C(C)=C/C=C/C(C)=C/C=C/C=C(C)/C=C/C=C(\C)C(=O)CC2(O)C(C)(C)CC(O)CC2(C)O)C(C)(O)C1.CC1=C(C#C/C(C)=C/C=C/C(C)=C/C=C/C=C(C)/C=C/C=C(C)/C=C/C23OC2(C)CC(O)(O)CC3(C)C)C(C)(C)CCC1. The number of allylic oxidation sites excluding steroid dienone is 31. The zero-order valence-electron chi connectivity index (χ0n) is 59.8. The number of Topliss-reactive ketones (excluding diaryl/α,β-unsaturated/α-hetero) is 1. The van der Waals surface area contributed by atoms with Crippen LogP contribution in [0.3, 0.4) is 0 Å². The zero-order chi connectivity index (χ0) is 69.5. The minimum absolute atomic E-state index is 0.0198. The quantitative estimate of drug-likeness (QED) is 0.0139. The minimum atomic E-state index is -1.68. The molecule has 0 spiro atoms. The Morgan fingerprint density at radius 3 is 1.55 bits per heavy atom. The van der Waals surface area contributed by atoms with Gasteiger partial charge in [0, 0.05) is 55.6 Å². The van der Waals surface area contributed by atoms with Crippen molar-refractivity contribution in [3.8, 4) is 11.8 Å². The van der Waals surface area contributed by atoms with Crippen molar-refractivity contribution in [2.75, 3.05) is 0 Å². The summed E-state index contributed by atoms with van der Waals surface area (Å²) in [6.45, 7) is 41.1. The number of carbonyl (C=O) groups excluding carboxylic acids is 2. The summed E-state index contributed by atoms with van der Waals surface area (Å²) in [5, 5.41) is 64.2. The molecule has 0 radical (unpaired) electrons. The molecular formula is C82H114O10. The lowest BCUT2D eigenvalue weighted by Crippen LogP contribution is -2.66. The van der Waals surface area contributed by atoms with Crippen molar-refractivity contribution in [3.05, 3.63) is 207 Å². The molecule has 7 unspecified atom stereocenters. The number of hydrogen-bond donors (Lipinski definition) is 6. The Morgan fingerprint density at radius 2 is 1.07 bits per heavy atom. The maximum Gasteiger partial charge on any atom is 0.302 e. The van der Waals surface area contributed by atoms with E-state index >= 15 is 0 Å². The third-order valence-electron chi connectivity index (χ3n) is 19.0. The average molecular weight is 1260 g/mol. The Balaban J connectivity index is 0.000000395. The second kappa shape index (κ2) is 31.8. The molecule has 5 rings (SSSR count). The number of fused-ring (bicyclic) bond motifs is 1. The molecule has 1 saturated heterocycles. The molecule has 0 aromatic carbocycles. The van der Waals surface area contributed by atoms with E-state index in [9.17, 15) is 40.2 Å². The Kier molecular flexibility index (Phi) is 27.0. The molecule has 0 aromatic heterocycles. The van der Waals surface area contributed by atoms with Crippen LogP contribution < -0.4 is 0 Å². The van der Waals surface area contributed by atoms with E-state index in [0.717, 1.165) is 39.0 Å². The highest BCUT2D eigenvalue weighted by molar-refractivity contribution is 5.96. The summed E-state index contributed by atoms with van der Waals surface area (Å²) in [6, 6.07) is 0. The number of ether oxygens (including phenoxy) is 2. The molecule has 3 saturated carbocycles. The molecule has 92 heavy (non-hydrogen) atoms. The summed E-state index contributed by atoms with van der Waals surface area (Å²) in [4.78, 5) is 24.5. The predicted molar refractivity (Wildman–Crippen MR) is 380 cm³/mol. The van der Waals surface area contributed by atoms with Gasteiger partial charge in [-0.15, -0.1) is 5.73 Å². The van der Waals surface area contributed by atoms with Crippen molar-refractivity contribution < 1.29 is 49.7 Å². The van der Waals surface area contributed by atoms with Crippen molar-refractivity contribution >= 4 is 11.8 Å². The van der Waals surface area contributed by atoms with Crippen LogP contribution in [0.15, 0.2) is 207 Å². The molecule has 10 nitrogen and oxygen atoms in total. The van der Waals surface area contributed by atoms with Gasteiger partial charge in [-0.25, -0.2) is 0 Å². The van der Waals surface area contributed by atoms with E-state index in [1.54, 1.807) is 39.8 Å². The van der Waals surface area contributed by atoms with Crippen molar-refractivity contribution in [1.82, 2.24) is 0 Å². The predicted octanol–water partition coefficient (Wildman–Crippen LogP) is 17.2. The number of esters is 1. The lowest BCUT2D eigenvalue weighted by molar-refractivity contribution is -0.243. The smallest absolute Gasteiger partial charge is 0.302 e. The summed E-state index contributed by atoms with van der Waals surface area (Å²) in [6.07, 6.45) is 50.3. The number of ketones is 1. The molecule has 0 aromatic rings. The van der Waals surface area contributed by atoms with Crippen LogP contribution in [0.2, 0.25) is 0 Å². The third-order valence-corrected chi connectivity index (χ3v) is 19.0. The molecule has 0 amide bonds. The summed E-state index contributed by atoms with van der Waals surface area (Å²) < 4.78 is 11.6. The van der Waals surface area contributed by atoms with Crippen LogP contribution in [0.25, 0.3) is 0 Å². The number of epoxide rings is 1. The van der Waals surface area contributed by atoms with E-state index in [2.05, 4.69) is 139 Å². The lowest BCUT2D eigenvalue weighted by Gasteiger charge is -2.56.